The van der Waals surface area contributed by atoms with E-state index in [1.807, 2.05) is 39.0 Å². The minimum atomic E-state index is -5.13. The third kappa shape index (κ3) is 5.39. The van der Waals surface area contributed by atoms with Gasteiger partial charge in [-0.25, -0.2) is 21.4 Å². The second-order valence-electron chi connectivity index (χ2n) is 7.90. The largest absolute Gasteiger partial charge is 1.00 e. The number of aryl methyl sites for hydroxylation is 1. The summed E-state index contributed by atoms with van der Waals surface area (Å²) in [6.07, 6.45) is 0. The number of fused-ring (bicyclic) bond motifs is 2. The van der Waals surface area contributed by atoms with Crippen LogP contribution in [0.15, 0.2) is 68.8 Å². The van der Waals surface area contributed by atoms with Gasteiger partial charge < -0.3 is 13.5 Å². The van der Waals surface area contributed by atoms with E-state index in [1.165, 1.54) is 6.07 Å². The first-order valence-corrected chi connectivity index (χ1v) is 13.4. The van der Waals surface area contributed by atoms with Crippen molar-refractivity contribution in [2.24, 2.45) is 0 Å². The molecule has 1 aliphatic carbocycles. The predicted molar refractivity (Wildman–Crippen MR) is 125 cm³/mol. The van der Waals surface area contributed by atoms with Crippen molar-refractivity contribution in [2.45, 2.75) is 30.6 Å². The summed E-state index contributed by atoms with van der Waals surface area (Å²) >= 11 is 0. The molecule has 0 fully saturated rings. The molecule has 0 saturated heterocycles. The van der Waals surface area contributed by atoms with E-state index in [1.54, 1.807) is 18.2 Å². The molecule has 0 unspecified atom stereocenters. The zero-order valence-electron chi connectivity index (χ0n) is 19.7. The van der Waals surface area contributed by atoms with Gasteiger partial charge in [-0.3, -0.25) is 0 Å². The Morgan fingerprint density at radius 2 is 1.49 bits per heavy atom. The van der Waals surface area contributed by atoms with Gasteiger partial charge in [0.05, 0.1) is 15.9 Å². The van der Waals surface area contributed by atoms with E-state index in [2.05, 4.69) is 4.58 Å². The van der Waals surface area contributed by atoms with Gasteiger partial charge in [-0.05, 0) is 50.6 Å². The average molecular weight is 524 g/mol. The van der Waals surface area contributed by atoms with E-state index in [-0.39, 0.29) is 35.1 Å². The third-order valence-electron chi connectivity index (χ3n) is 5.77. The predicted octanol–water partition coefficient (Wildman–Crippen LogP) is 0.137. The van der Waals surface area contributed by atoms with Gasteiger partial charge in [-0.1, -0.05) is 18.2 Å². The molecule has 0 bridgehead atoms. The fraction of sp³-hybridized carbons (Fsp3) is 0.208. The minimum Gasteiger partial charge on any atom is -0.744 e. The van der Waals surface area contributed by atoms with Crippen LogP contribution in [0.5, 0.6) is 0 Å². The Labute approximate surface area is 226 Å². The molecular formula is C24H22NNaO7S2. The second kappa shape index (κ2) is 10.1. The van der Waals surface area contributed by atoms with Crippen LogP contribution >= 0.6 is 0 Å². The Morgan fingerprint density at radius 3 is 2.09 bits per heavy atom. The van der Waals surface area contributed by atoms with Crippen molar-refractivity contribution >= 4 is 31.2 Å². The summed E-state index contributed by atoms with van der Waals surface area (Å²) in [5.41, 5.74) is 2.30. The third-order valence-corrected chi connectivity index (χ3v) is 7.48. The fourth-order valence-electron chi connectivity index (χ4n) is 4.13. The standard InChI is InChI=1S/C24H23NO7S2.Na/c1-4-25(5-2)16-7-10-19-22(13-16)32-21-12-15(3)6-9-18(21)24(19)20-11-8-17(33(26,27)28)14-23(20)34(29,30)31;/h6-14H,4-5H2,1-3H3,(H-,26,27,28,29,30,31);/q;+1/p-1. The maximum Gasteiger partial charge on any atom is 1.00 e. The Morgan fingerprint density at radius 1 is 0.829 bits per heavy atom. The van der Waals surface area contributed by atoms with Crippen LogP contribution in [-0.2, 0) is 20.2 Å². The Bertz CT molecular complexity index is 1690. The molecule has 4 rings (SSSR count). The van der Waals surface area contributed by atoms with Gasteiger partial charge in [0.2, 0.25) is 5.36 Å². The number of rotatable bonds is 5. The first-order valence-electron chi connectivity index (χ1n) is 10.6. The van der Waals surface area contributed by atoms with E-state index in [9.17, 15) is 25.9 Å². The first kappa shape index (κ1) is 27.5. The van der Waals surface area contributed by atoms with Crippen LogP contribution in [0.1, 0.15) is 19.4 Å². The normalized spacial score (nSPS) is 12.0. The summed E-state index contributed by atoms with van der Waals surface area (Å²) in [5.74, 6) is 0.465. The molecule has 8 nitrogen and oxygen atoms in total. The Balaban J connectivity index is 0.00000342. The first-order chi connectivity index (χ1) is 15.9. The van der Waals surface area contributed by atoms with Gasteiger partial charge in [-0.15, -0.1) is 0 Å². The van der Waals surface area contributed by atoms with E-state index >= 15 is 0 Å². The molecule has 0 amide bonds. The van der Waals surface area contributed by atoms with Crippen molar-refractivity contribution < 1.29 is 59.9 Å². The van der Waals surface area contributed by atoms with Crippen molar-refractivity contribution in [3.8, 4) is 22.5 Å². The molecule has 1 heterocycles. The van der Waals surface area contributed by atoms with Gasteiger partial charge in [0.25, 0.3) is 0 Å². The van der Waals surface area contributed by atoms with Crippen molar-refractivity contribution in [1.29, 1.82) is 0 Å². The van der Waals surface area contributed by atoms with Crippen LogP contribution in [0.2, 0.25) is 0 Å². The molecule has 0 atom stereocenters. The fourth-order valence-corrected chi connectivity index (χ4v) is 5.42. The van der Waals surface area contributed by atoms with Crippen molar-refractivity contribution in [2.75, 3.05) is 13.1 Å². The Hall–Kier alpha value is -2.05. The van der Waals surface area contributed by atoms with Crippen LogP contribution in [0, 0.1) is 6.92 Å². The SMILES string of the molecule is CC[N+](CC)=c1ccc2c(-c3ccc(S(=O)(=O)[O-])cc3S(=O)(=O)[O-])c3ccc(C)cc3oc-2c1.[Na+]. The van der Waals surface area contributed by atoms with Crippen LogP contribution < -0.4 is 39.5 Å². The van der Waals surface area contributed by atoms with Gasteiger partial charge in [0.1, 0.15) is 44.7 Å². The topological polar surface area (TPSA) is 131 Å². The summed E-state index contributed by atoms with van der Waals surface area (Å²) in [6, 6.07) is 13.7. The van der Waals surface area contributed by atoms with Crippen molar-refractivity contribution in [3.05, 3.63) is 65.5 Å². The average Bonchev–Trinajstić information content (AvgIpc) is 2.76. The second-order valence-corrected chi connectivity index (χ2v) is 10.6. The maximum absolute atomic E-state index is 12.2. The summed E-state index contributed by atoms with van der Waals surface area (Å²) in [6.45, 7) is 7.47. The number of nitrogens with zero attached hydrogens (tertiary/aromatic N) is 1. The monoisotopic (exact) mass is 523 g/mol. The van der Waals surface area contributed by atoms with Gasteiger partial charge in [-0.2, -0.15) is 0 Å². The Kier molecular flexibility index (Phi) is 7.97. The van der Waals surface area contributed by atoms with Crippen molar-refractivity contribution in [1.82, 2.24) is 4.58 Å². The van der Waals surface area contributed by atoms with Crippen LogP contribution in [-0.4, -0.2) is 39.0 Å². The van der Waals surface area contributed by atoms with Gasteiger partial charge >= 0.3 is 29.6 Å². The van der Waals surface area contributed by atoms with Crippen LogP contribution in [0.25, 0.3) is 33.4 Å². The molecule has 178 valence electrons. The van der Waals surface area contributed by atoms with Crippen LogP contribution in [0.4, 0.5) is 0 Å². The zero-order chi connectivity index (χ0) is 24.8. The van der Waals surface area contributed by atoms with E-state index in [0.29, 0.717) is 33.9 Å². The summed E-state index contributed by atoms with van der Waals surface area (Å²) < 4.78 is 79.3. The van der Waals surface area contributed by atoms with Gasteiger partial charge in [0.15, 0.2) is 0 Å². The van der Waals surface area contributed by atoms with E-state index in [4.69, 9.17) is 4.42 Å². The quantitative estimate of drug-likeness (QED) is 0.157. The molecule has 2 aromatic carbocycles. The molecule has 35 heavy (non-hydrogen) atoms. The van der Waals surface area contributed by atoms with Crippen molar-refractivity contribution in [3.63, 3.8) is 0 Å². The molecule has 0 spiro atoms. The summed E-state index contributed by atoms with van der Waals surface area (Å²) in [5, 5.41) is 1.44. The van der Waals surface area contributed by atoms with Gasteiger partial charge in [0, 0.05) is 28.1 Å². The molecule has 0 radical (unpaired) electrons. The smallest absolute Gasteiger partial charge is 0.744 e. The summed E-state index contributed by atoms with van der Waals surface area (Å²) in [7, 11) is -10.1. The minimum absolute atomic E-state index is 0. The molecule has 0 N–H and O–H groups in total. The van der Waals surface area contributed by atoms with E-state index in [0.717, 1.165) is 30.1 Å². The van der Waals surface area contributed by atoms with E-state index < -0.39 is 30.0 Å². The number of hydrogen-bond donors (Lipinski definition) is 0. The molecule has 2 aromatic rings. The summed E-state index contributed by atoms with van der Waals surface area (Å²) in [4.78, 5) is -1.58. The molecule has 2 aliphatic rings. The number of hydrogen-bond acceptors (Lipinski definition) is 7. The molecule has 11 heteroatoms. The van der Waals surface area contributed by atoms with Crippen LogP contribution in [0.3, 0.4) is 0 Å². The molecule has 0 saturated carbocycles. The molecular weight excluding hydrogens is 501 g/mol. The molecule has 1 aliphatic heterocycles. The maximum atomic E-state index is 12.2. The zero-order valence-corrected chi connectivity index (χ0v) is 23.4. The molecule has 0 aromatic heterocycles. The number of benzene rings is 3.